The first kappa shape index (κ1) is 19.7. The van der Waals surface area contributed by atoms with Crippen LogP contribution in [0.3, 0.4) is 0 Å². The van der Waals surface area contributed by atoms with Gasteiger partial charge in [0.15, 0.2) is 0 Å². The highest BCUT2D eigenvalue weighted by molar-refractivity contribution is 5.78. The number of carbonyl (C=O) groups is 1. The van der Waals surface area contributed by atoms with Crippen molar-refractivity contribution in [2.24, 2.45) is 0 Å². The Morgan fingerprint density at radius 1 is 1.24 bits per heavy atom. The highest BCUT2D eigenvalue weighted by atomic mass is 16.7. The molecular weight excluding hydrogens is 362 g/mol. The van der Waals surface area contributed by atoms with Crippen LogP contribution in [0.5, 0.6) is 0 Å². The van der Waals surface area contributed by atoms with Gasteiger partial charge < -0.3 is 9.84 Å². The van der Waals surface area contributed by atoms with Crippen LogP contribution >= 0.6 is 0 Å². The van der Waals surface area contributed by atoms with Crippen LogP contribution in [0.15, 0.2) is 65.8 Å². The fraction of sp³-hybridized carbons (Fsp3) is 0.400. The van der Waals surface area contributed by atoms with Crippen LogP contribution in [0.4, 0.5) is 4.79 Å². The molecule has 1 aromatic rings. The number of rotatable bonds is 4. The topological polar surface area (TPSA) is 49.8 Å². The summed E-state index contributed by atoms with van der Waals surface area (Å²) in [4.78, 5) is 13.1. The molecule has 4 rings (SSSR count). The van der Waals surface area contributed by atoms with Gasteiger partial charge in [0.2, 0.25) is 0 Å². The highest BCUT2D eigenvalue weighted by Crippen LogP contribution is 2.33. The molecule has 0 saturated carbocycles. The van der Waals surface area contributed by atoms with Gasteiger partial charge in [-0.05, 0) is 72.9 Å². The number of hydrogen-bond acceptors (Lipinski definition) is 3. The molecule has 29 heavy (non-hydrogen) atoms. The number of benzene rings is 1. The number of carboxylic acid groups (broad SMARTS) is 1. The molecule has 0 spiro atoms. The highest BCUT2D eigenvalue weighted by Gasteiger charge is 2.22. The Bertz CT molecular complexity index is 878. The van der Waals surface area contributed by atoms with Crippen LogP contribution in [0.25, 0.3) is 5.57 Å². The van der Waals surface area contributed by atoms with Gasteiger partial charge in [0.1, 0.15) is 6.10 Å². The van der Waals surface area contributed by atoms with E-state index in [0.29, 0.717) is 6.54 Å². The third-order valence-corrected chi connectivity index (χ3v) is 6.04. The molecule has 0 bridgehead atoms. The zero-order valence-corrected chi connectivity index (χ0v) is 16.8. The number of hydrogen-bond donors (Lipinski definition) is 1. The lowest BCUT2D eigenvalue weighted by Crippen LogP contribution is -2.40. The zero-order valence-electron chi connectivity index (χ0n) is 16.8. The quantitative estimate of drug-likeness (QED) is 0.700. The van der Waals surface area contributed by atoms with E-state index in [9.17, 15) is 4.79 Å². The minimum absolute atomic E-state index is 0.195. The largest absolute Gasteiger partial charge is 0.506 e. The molecule has 1 N–H and O–H groups in total. The minimum Gasteiger partial charge on any atom is -0.450 e. The van der Waals surface area contributed by atoms with Crippen molar-refractivity contribution in [1.29, 1.82) is 0 Å². The van der Waals surface area contributed by atoms with E-state index < -0.39 is 6.16 Å². The minimum atomic E-state index is -1.16. The summed E-state index contributed by atoms with van der Waals surface area (Å²) in [5.41, 5.74) is 6.96. The van der Waals surface area contributed by atoms with E-state index in [1.54, 1.807) is 0 Å². The van der Waals surface area contributed by atoms with Crippen molar-refractivity contribution in [3.8, 4) is 0 Å². The summed E-state index contributed by atoms with van der Waals surface area (Å²) >= 11 is 0. The standard InChI is InChI=1S/C25H29NO3/c27-25(28)29-23-11-6-16-26(18-23)15-5-10-22-17-21-9-2-1-7-19(21)13-14-20-8-3-4-12-24(20)22/h1-4,7-8,10,12,17,23H,5-6,9,11,13-16,18H2,(H,27,28)/b21-17-,22-10?. The van der Waals surface area contributed by atoms with E-state index in [1.807, 2.05) is 0 Å². The first-order valence-electron chi connectivity index (χ1n) is 10.7. The Kier molecular flexibility index (Phi) is 6.30. The molecule has 1 unspecified atom stereocenters. The summed E-state index contributed by atoms with van der Waals surface area (Å²) in [5, 5.41) is 8.87. The molecule has 1 atom stereocenters. The molecule has 1 saturated heterocycles. The molecule has 4 nitrogen and oxygen atoms in total. The van der Waals surface area contributed by atoms with E-state index in [4.69, 9.17) is 9.84 Å². The molecule has 1 heterocycles. The Labute approximate surface area is 172 Å². The lowest BCUT2D eigenvalue weighted by atomic mass is 9.85. The van der Waals surface area contributed by atoms with Crippen LogP contribution in [-0.2, 0) is 11.2 Å². The summed E-state index contributed by atoms with van der Waals surface area (Å²) in [7, 11) is 0. The number of fused-ring (bicyclic) bond motifs is 2. The van der Waals surface area contributed by atoms with Crippen molar-refractivity contribution in [2.75, 3.05) is 19.6 Å². The number of piperidine rings is 1. The van der Waals surface area contributed by atoms with Gasteiger partial charge in [0.25, 0.3) is 0 Å². The molecule has 152 valence electrons. The molecule has 1 aromatic carbocycles. The van der Waals surface area contributed by atoms with Gasteiger partial charge in [0, 0.05) is 13.1 Å². The number of nitrogens with zero attached hydrogens (tertiary/aromatic N) is 1. The summed E-state index contributed by atoms with van der Waals surface area (Å²) in [5.74, 6) is 0. The predicted molar refractivity (Wildman–Crippen MR) is 116 cm³/mol. The average Bonchev–Trinajstić information content (AvgIpc) is 2.71. The summed E-state index contributed by atoms with van der Waals surface area (Å²) < 4.78 is 4.99. The van der Waals surface area contributed by atoms with Crippen molar-refractivity contribution in [1.82, 2.24) is 4.90 Å². The van der Waals surface area contributed by atoms with Crippen LogP contribution in [0.2, 0.25) is 0 Å². The summed E-state index contributed by atoms with van der Waals surface area (Å²) in [6.07, 6.45) is 16.0. The van der Waals surface area contributed by atoms with Crippen molar-refractivity contribution in [2.45, 2.75) is 44.6 Å². The molecule has 4 heteroatoms. The lowest BCUT2D eigenvalue weighted by molar-refractivity contribution is 0.0140. The lowest BCUT2D eigenvalue weighted by Gasteiger charge is -2.31. The van der Waals surface area contributed by atoms with Crippen molar-refractivity contribution < 1.29 is 14.6 Å². The fourth-order valence-corrected chi connectivity index (χ4v) is 4.59. The molecule has 0 amide bonds. The van der Waals surface area contributed by atoms with E-state index in [0.717, 1.165) is 51.6 Å². The molecule has 0 aromatic heterocycles. The summed E-state index contributed by atoms with van der Waals surface area (Å²) in [6.45, 7) is 2.64. The Morgan fingerprint density at radius 3 is 3.03 bits per heavy atom. The second-order valence-corrected chi connectivity index (χ2v) is 8.05. The maximum atomic E-state index is 10.8. The maximum Gasteiger partial charge on any atom is 0.506 e. The van der Waals surface area contributed by atoms with Gasteiger partial charge in [-0.1, -0.05) is 54.6 Å². The Balaban J connectivity index is 1.50. The van der Waals surface area contributed by atoms with E-state index in [-0.39, 0.29) is 6.10 Å². The van der Waals surface area contributed by atoms with Crippen LogP contribution in [-0.4, -0.2) is 41.9 Å². The SMILES string of the molecule is O=C(O)OC1CCCN(CCC=C2/C=C3/CC=CC=C3CCc3ccccc32)C1. The Hall–Kier alpha value is -2.59. The second-order valence-electron chi connectivity index (χ2n) is 8.05. The normalized spacial score (nSPS) is 25.1. The van der Waals surface area contributed by atoms with Gasteiger partial charge in [-0.3, -0.25) is 4.90 Å². The van der Waals surface area contributed by atoms with Gasteiger partial charge in [-0.2, -0.15) is 0 Å². The average molecular weight is 392 g/mol. The van der Waals surface area contributed by atoms with Gasteiger partial charge >= 0.3 is 6.16 Å². The number of aryl methyl sites for hydroxylation is 1. The number of ether oxygens (including phenoxy) is 1. The van der Waals surface area contributed by atoms with Gasteiger partial charge in [-0.15, -0.1) is 0 Å². The second kappa shape index (κ2) is 9.27. The molecule has 3 aliphatic rings. The third-order valence-electron chi connectivity index (χ3n) is 6.04. The predicted octanol–water partition coefficient (Wildman–Crippen LogP) is 5.38. The number of likely N-dealkylation sites (tertiary alicyclic amines) is 1. The van der Waals surface area contributed by atoms with E-state index >= 15 is 0 Å². The summed E-state index contributed by atoms with van der Waals surface area (Å²) in [6, 6.07) is 8.75. The maximum absolute atomic E-state index is 10.8. The zero-order chi connectivity index (χ0) is 20.1. The van der Waals surface area contributed by atoms with Crippen LogP contribution in [0, 0.1) is 0 Å². The molecule has 1 fully saturated rings. The van der Waals surface area contributed by atoms with E-state index in [1.165, 1.54) is 27.8 Å². The molecule has 1 aliphatic heterocycles. The van der Waals surface area contributed by atoms with Crippen molar-refractivity contribution >= 4 is 11.7 Å². The number of allylic oxidation sites excluding steroid dienone is 7. The first-order chi connectivity index (χ1) is 14.2. The fourth-order valence-electron chi connectivity index (χ4n) is 4.59. The Morgan fingerprint density at radius 2 is 2.14 bits per heavy atom. The van der Waals surface area contributed by atoms with Crippen LogP contribution in [0.1, 0.15) is 43.2 Å². The van der Waals surface area contributed by atoms with E-state index in [2.05, 4.69) is 59.5 Å². The van der Waals surface area contributed by atoms with Gasteiger partial charge in [0.05, 0.1) is 0 Å². The smallest absolute Gasteiger partial charge is 0.450 e. The monoisotopic (exact) mass is 391 g/mol. The van der Waals surface area contributed by atoms with Crippen molar-refractivity contribution in [3.63, 3.8) is 0 Å². The molecule has 2 aliphatic carbocycles. The van der Waals surface area contributed by atoms with Crippen molar-refractivity contribution in [3.05, 3.63) is 76.9 Å². The third kappa shape index (κ3) is 5.07. The first-order valence-corrected chi connectivity index (χ1v) is 10.7. The molecule has 0 radical (unpaired) electrons. The molecular formula is C25H29NO3. The van der Waals surface area contributed by atoms with Gasteiger partial charge in [-0.25, -0.2) is 4.79 Å². The van der Waals surface area contributed by atoms with Crippen LogP contribution < -0.4 is 0 Å².